The fraction of sp³-hybridized carbons (Fsp3) is 0.667. The number of hydrogen-bond donors (Lipinski definition) is 0. The Bertz CT molecular complexity index is 356. The van der Waals surface area contributed by atoms with Crippen LogP contribution in [-0.4, -0.2) is 38.7 Å². The number of rotatable bonds is 2. The molecule has 1 aliphatic heterocycles. The van der Waals surface area contributed by atoms with E-state index in [4.69, 9.17) is 11.6 Å². The minimum Gasteiger partial charge on any atom is -0.297 e. The summed E-state index contributed by atoms with van der Waals surface area (Å²) in [5.74, 6) is 1.65. The third kappa shape index (κ3) is 3.52. The van der Waals surface area contributed by atoms with Gasteiger partial charge in [0.15, 0.2) is 4.47 Å². The first-order valence-corrected chi connectivity index (χ1v) is 7.60. The molecule has 1 fully saturated rings. The first kappa shape index (κ1) is 11.5. The van der Waals surface area contributed by atoms with Crippen LogP contribution >= 0.6 is 22.9 Å². The molecule has 0 spiro atoms. The molecule has 0 amide bonds. The maximum Gasteiger partial charge on any atom is 0.183 e. The lowest BCUT2D eigenvalue weighted by atomic mass is 10.4. The average molecular weight is 265 g/mol. The Morgan fingerprint density at radius 3 is 3.13 bits per heavy atom. The topological polar surface area (TPSA) is 33.2 Å². The van der Waals surface area contributed by atoms with Crippen molar-refractivity contribution in [3.63, 3.8) is 0 Å². The fourth-order valence-corrected chi connectivity index (χ4v) is 3.77. The summed E-state index contributed by atoms with van der Waals surface area (Å²) in [6.45, 7) is 2.84. The minimum absolute atomic E-state index is 0.600. The van der Waals surface area contributed by atoms with Gasteiger partial charge in [0.2, 0.25) is 0 Å². The molecule has 6 heteroatoms. The van der Waals surface area contributed by atoms with Gasteiger partial charge in [-0.1, -0.05) is 11.6 Å². The van der Waals surface area contributed by atoms with Crippen LogP contribution in [0.1, 0.15) is 11.3 Å². The van der Waals surface area contributed by atoms with Crippen LogP contribution in [0.4, 0.5) is 0 Å². The van der Waals surface area contributed by atoms with Crippen LogP contribution in [0.25, 0.3) is 0 Å². The molecule has 1 saturated heterocycles. The van der Waals surface area contributed by atoms with Crippen LogP contribution in [0.15, 0.2) is 6.20 Å². The van der Waals surface area contributed by atoms with Crippen LogP contribution in [0.2, 0.25) is 4.47 Å². The van der Waals surface area contributed by atoms with E-state index in [1.807, 2.05) is 6.20 Å². The summed E-state index contributed by atoms with van der Waals surface area (Å²) < 4.78 is 11.9. The molecule has 1 unspecified atom stereocenters. The molecule has 15 heavy (non-hydrogen) atoms. The Morgan fingerprint density at radius 2 is 2.40 bits per heavy atom. The van der Waals surface area contributed by atoms with Gasteiger partial charge in [0.1, 0.15) is 0 Å². The average Bonchev–Trinajstić information content (AvgIpc) is 2.48. The van der Waals surface area contributed by atoms with E-state index >= 15 is 0 Å². The summed E-state index contributed by atoms with van der Waals surface area (Å²) in [6, 6.07) is 0. The molecule has 1 aromatic heterocycles. The Hall–Kier alpha value is 0.0300. The zero-order chi connectivity index (χ0) is 10.7. The van der Waals surface area contributed by atoms with Gasteiger partial charge in [-0.15, -0.1) is 11.3 Å². The molecule has 1 aliphatic rings. The molecule has 2 heterocycles. The van der Waals surface area contributed by atoms with Crippen LogP contribution in [0.5, 0.6) is 0 Å². The summed E-state index contributed by atoms with van der Waals surface area (Å²) in [5, 5.41) is 0. The predicted molar refractivity (Wildman–Crippen MR) is 64.9 cm³/mol. The summed E-state index contributed by atoms with van der Waals surface area (Å²) >= 11 is 7.30. The van der Waals surface area contributed by atoms with Gasteiger partial charge in [-0.25, -0.2) is 4.98 Å². The largest absolute Gasteiger partial charge is 0.297 e. The molecule has 2 rings (SSSR count). The number of thiazole rings is 1. The summed E-state index contributed by atoms with van der Waals surface area (Å²) in [4.78, 5) is 7.53. The summed E-state index contributed by atoms with van der Waals surface area (Å²) in [6.07, 6.45) is 2.86. The molecule has 0 aromatic carbocycles. The van der Waals surface area contributed by atoms with Crippen molar-refractivity contribution in [2.75, 3.05) is 24.6 Å². The molecule has 84 valence electrons. The van der Waals surface area contributed by atoms with Gasteiger partial charge >= 0.3 is 0 Å². The van der Waals surface area contributed by atoms with Crippen molar-refractivity contribution in [2.45, 2.75) is 13.0 Å². The van der Waals surface area contributed by atoms with E-state index in [0.29, 0.717) is 4.47 Å². The van der Waals surface area contributed by atoms with Gasteiger partial charge in [0.25, 0.3) is 0 Å². The Balaban J connectivity index is 1.91. The van der Waals surface area contributed by atoms with Crippen LogP contribution in [-0.2, 0) is 17.3 Å². The molecule has 1 atom stereocenters. The third-order valence-corrected chi connectivity index (χ3v) is 4.87. The van der Waals surface area contributed by atoms with Crippen molar-refractivity contribution < 1.29 is 4.21 Å². The van der Waals surface area contributed by atoms with Crippen molar-refractivity contribution in [1.29, 1.82) is 0 Å². The highest BCUT2D eigenvalue weighted by Gasteiger charge is 2.14. The van der Waals surface area contributed by atoms with Gasteiger partial charge in [0.05, 0.1) is 0 Å². The smallest absolute Gasteiger partial charge is 0.183 e. The van der Waals surface area contributed by atoms with Crippen LogP contribution < -0.4 is 0 Å². The second kappa shape index (κ2) is 5.39. The predicted octanol–water partition coefficient (Wildman–Crippen LogP) is 1.75. The number of halogens is 1. The monoisotopic (exact) mass is 264 g/mol. The maximum atomic E-state index is 11.3. The lowest BCUT2D eigenvalue weighted by Crippen LogP contribution is -2.25. The maximum absolute atomic E-state index is 11.3. The van der Waals surface area contributed by atoms with Crippen molar-refractivity contribution in [1.82, 2.24) is 9.88 Å². The molecule has 3 nitrogen and oxygen atoms in total. The lowest BCUT2D eigenvalue weighted by Gasteiger charge is -2.17. The SMILES string of the molecule is O=S1CCCN(Cc2cnc(Cl)s2)CC1. The second-order valence-electron chi connectivity index (χ2n) is 3.56. The van der Waals surface area contributed by atoms with E-state index < -0.39 is 10.8 Å². The normalized spacial score (nSPS) is 23.9. The quantitative estimate of drug-likeness (QED) is 0.816. The van der Waals surface area contributed by atoms with Crippen LogP contribution in [0.3, 0.4) is 0 Å². The Labute approximate surface area is 101 Å². The number of nitrogens with zero attached hydrogens (tertiary/aromatic N) is 2. The highest BCUT2D eigenvalue weighted by molar-refractivity contribution is 7.85. The standard InChI is InChI=1S/C9H13ClN2OS2/c10-9-11-6-8(14-9)7-12-2-1-4-15(13)5-3-12/h6H,1-5,7H2. The molecule has 0 saturated carbocycles. The van der Waals surface area contributed by atoms with Gasteiger partial charge in [-0.3, -0.25) is 9.11 Å². The van der Waals surface area contributed by atoms with E-state index in [1.165, 1.54) is 16.2 Å². The number of hydrogen-bond acceptors (Lipinski definition) is 4. The van der Waals surface area contributed by atoms with E-state index in [0.717, 1.165) is 37.6 Å². The van der Waals surface area contributed by atoms with Crippen molar-refractivity contribution in [2.24, 2.45) is 0 Å². The van der Waals surface area contributed by atoms with Gasteiger partial charge in [-0.2, -0.15) is 0 Å². The van der Waals surface area contributed by atoms with E-state index in [-0.39, 0.29) is 0 Å². The minimum atomic E-state index is -0.611. The molecule has 0 radical (unpaired) electrons. The van der Waals surface area contributed by atoms with Crippen molar-refractivity contribution in [3.8, 4) is 0 Å². The summed E-state index contributed by atoms with van der Waals surface area (Å²) in [5.41, 5.74) is 0. The highest BCUT2D eigenvalue weighted by atomic mass is 35.5. The zero-order valence-corrected chi connectivity index (χ0v) is 10.7. The molecule has 0 aliphatic carbocycles. The second-order valence-corrected chi connectivity index (χ2v) is 6.95. The third-order valence-electron chi connectivity index (χ3n) is 2.39. The van der Waals surface area contributed by atoms with Gasteiger partial charge in [-0.05, 0) is 13.0 Å². The first-order chi connectivity index (χ1) is 7.24. The first-order valence-electron chi connectivity index (χ1n) is 4.91. The molecular weight excluding hydrogens is 252 g/mol. The highest BCUT2D eigenvalue weighted by Crippen LogP contribution is 2.19. The summed E-state index contributed by atoms with van der Waals surface area (Å²) in [7, 11) is -0.611. The van der Waals surface area contributed by atoms with E-state index in [9.17, 15) is 4.21 Å². The lowest BCUT2D eigenvalue weighted by molar-refractivity contribution is 0.290. The van der Waals surface area contributed by atoms with E-state index in [1.54, 1.807) is 0 Å². The van der Waals surface area contributed by atoms with Crippen molar-refractivity contribution in [3.05, 3.63) is 15.5 Å². The van der Waals surface area contributed by atoms with Crippen molar-refractivity contribution >= 4 is 33.7 Å². The molecule has 0 N–H and O–H groups in total. The number of aromatic nitrogens is 1. The fourth-order valence-electron chi connectivity index (χ4n) is 1.63. The van der Waals surface area contributed by atoms with E-state index in [2.05, 4.69) is 9.88 Å². The van der Waals surface area contributed by atoms with Crippen LogP contribution in [0, 0.1) is 0 Å². The molecular formula is C9H13ClN2OS2. The van der Waals surface area contributed by atoms with Gasteiger partial charge in [0, 0.05) is 46.5 Å². The molecule has 1 aromatic rings. The molecule has 0 bridgehead atoms. The zero-order valence-electron chi connectivity index (χ0n) is 8.32. The van der Waals surface area contributed by atoms with Gasteiger partial charge < -0.3 is 0 Å². The Morgan fingerprint density at radius 1 is 1.53 bits per heavy atom. The Kier molecular flexibility index (Phi) is 4.13.